The maximum atomic E-state index is 12.6. The van der Waals surface area contributed by atoms with Gasteiger partial charge in [0.05, 0.1) is 18.1 Å². The Morgan fingerprint density at radius 1 is 1.59 bits per heavy atom. The van der Waals surface area contributed by atoms with Crippen molar-refractivity contribution in [1.82, 2.24) is 10.2 Å². The number of piperidine rings is 1. The first kappa shape index (κ1) is 14.5. The van der Waals surface area contributed by atoms with Crippen LogP contribution in [0.3, 0.4) is 0 Å². The Morgan fingerprint density at radius 2 is 2.29 bits per heavy atom. The molecule has 0 aromatic heterocycles. The minimum Gasteiger partial charge on any atom is -0.394 e. The van der Waals surface area contributed by atoms with Gasteiger partial charge in [0.25, 0.3) is 0 Å². The first-order valence-electron chi connectivity index (χ1n) is 6.66. The molecule has 1 amide bonds. The summed E-state index contributed by atoms with van der Waals surface area (Å²) in [5, 5.41) is 12.5. The van der Waals surface area contributed by atoms with Crippen molar-refractivity contribution in [3.8, 4) is 0 Å². The third-order valence-corrected chi connectivity index (χ3v) is 3.90. The number of carbonyl (C=O) groups excluding carboxylic acids is 1. The quantitative estimate of drug-likeness (QED) is 0.756. The second-order valence-electron chi connectivity index (χ2n) is 5.26. The van der Waals surface area contributed by atoms with E-state index in [4.69, 9.17) is 5.11 Å². The molecule has 1 aliphatic heterocycles. The predicted molar refractivity (Wildman–Crippen MR) is 68.8 cm³/mol. The second kappa shape index (κ2) is 6.36. The molecule has 1 aliphatic rings. The van der Waals surface area contributed by atoms with Crippen molar-refractivity contribution in [1.29, 1.82) is 0 Å². The Kier molecular flexibility index (Phi) is 5.40. The molecule has 0 aliphatic carbocycles. The Labute approximate surface area is 104 Å². The van der Waals surface area contributed by atoms with Gasteiger partial charge in [-0.25, -0.2) is 0 Å². The normalized spacial score (nSPS) is 26.6. The number of amides is 1. The molecule has 17 heavy (non-hydrogen) atoms. The fourth-order valence-corrected chi connectivity index (χ4v) is 2.65. The van der Waals surface area contributed by atoms with Crippen LogP contribution >= 0.6 is 0 Å². The lowest BCUT2D eigenvalue weighted by Crippen LogP contribution is -2.53. The van der Waals surface area contributed by atoms with Crippen LogP contribution in [-0.4, -0.2) is 48.7 Å². The van der Waals surface area contributed by atoms with Crippen molar-refractivity contribution in [3.05, 3.63) is 0 Å². The van der Waals surface area contributed by atoms with E-state index in [1.165, 1.54) is 0 Å². The van der Waals surface area contributed by atoms with E-state index in [1.807, 2.05) is 6.92 Å². The predicted octanol–water partition coefficient (Wildman–Crippen LogP) is 0.995. The Bertz CT molecular complexity index is 244. The molecule has 1 saturated heterocycles. The van der Waals surface area contributed by atoms with Crippen molar-refractivity contribution in [2.24, 2.45) is 5.41 Å². The maximum Gasteiger partial charge on any atom is 0.230 e. The third kappa shape index (κ3) is 3.19. The molecule has 2 atom stereocenters. The molecule has 0 aromatic carbocycles. The number of aliphatic hydroxyl groups is 1. The lowest BCUT2D eigenvalue weighted by molar-refractivity contribution is -0.145. The number of carbonyl (C=O) groups is 1. The van der Waals surface area contributed by atoms with Crippen molar-refractivity contribution in [3.63, 3.8) is 0 Å². The molecule has 1 rings (SSSR count). The van der Waals surface area contributed by atoms with Crippen LogP contribution in [-0.2, 0) is 4.79 Å². The van der Waals surface area contributed by atoms with Gasteiger partial charge < -0.3 is 15.3 Å². The van der Waals surface area contributed by atoms with E-state index in [1.54, 1.807) is 11.9 Å². The summed E-state index contributed by atoms with van der Waals surface area (Å²) in [5.41, 5.74) is -0.245. The molecule has 0 saturated carbocycles. The molecule has 2 unspecified atom stereocenters. The van der Waals surface area contributed by atoms with Gasteiger partial charge >= 0.3 is 0 Å². The third-order valence-electron chi connectivity index (χ3n) is 3.90. The van der Waals surface area contributed by atoms with E-state index in [2.05, 4.69) is 12.2 Å². The maximum absolute atomic E-state index is 12.6. The Hall–Kier alpha value is -0.610. The van der Waals surface area contributed by atoms with Gasteiger partial charge in [-0.1, -0.05) is 13.3 Å². The highest BCUT2D eigenvalue weighted by Gasteiger charge is 2.41. The zero-order valence-corrected chi connectivity index (χ0v) is 11.3. The summed E-state index contributed by atoms with van der Waals surface area (Å²) in [4.78, 5) is 14.3. The summed E-state index contributed by atoms with van der Waals surface area (Å²) in [6, 6.07) is -0.0989. The molecule has 100 valence electrons. The number of hydrogen-bond acceptors (Lipinski definition) is 3. The number of nitrogens with one attached hydrogen (secondary N) is 1. The average Bonchev–Trinajstić information content (AvgIpc) is 2.37. The molecule has 1 fully saturated rings. The fourth-order valence-electron chi connectivity index (χ4n) is 2.65. The van der Waals surface area contributed by atoms with Gasteiger partial charge in [0.1, 0.15) is 0 Å². The highest BCUT2D eigenvalue weighted by Crippen LogP contribution is 2.33. The fraction of sp³-hybridized carbons (Fsp3) is 0.923. The molecule has 1 heterocycles. The minimum absolute atomic E-state index is 0.0257. The smallest absolute Gasteiger partial charge is 0.230 e. The van der Waals surface area contributed by atoms with Gasteiger partial charge in [-0.05, 0) is 32.7 Å². The van der Waals surface area contributed by atoms with Gasteiger partial charge in [-0.15, -0.1) is 0 Å². The van der Waals surface area contributed by atoms with Crippen LogP contribution in [0.15, 0.2) is 0 Å². The van der Waals surface area contributed by atoms with Crippen molar-refractivity contribution < 1.29 is 9.90 Å². The van der Waals surface area contributed by atoms with Gasteiger partial charge in [0.2, 0.25) is 5.91 Å². The number of hydrogen-bond donors (Lipinski definition) is 2. The number of aliphatic hydroxyl groups excluding tert-OH is 1. The monoisotopic (exact) mass is 242 g/mol. The van der Waals surface area contributed by atoms with Crippen molar-refractivity contribution >= 4 is 5.91 Å². The Balaban J connectivity index is 2.78. The molecule has 4 heteroatoms. The lowest BCUT2D eigenvalue weighted by Gasteiger charge is -2.40. The van der Waals surface area contributed by atoms with Crippen molar-refractivity contribution in [2.45, 2.75) is 45.6 Å². The van der Waals surface area contributed by atoms with Crippen LogP contribution in [0.2, 0.25) is 0 Å². The van der Waals surface area contributed by atoms with Crippen LogP contribution in [0, 0.1) is 5.41 Å². The van der Waals surface area contributed by atoms with E-state index in [0.717, 1.165) is 38.8 Å². The summed E-state index contributed by atoms with van der Waals surface area (Å²) in [7, 11) is 1.80. The van der Waals surface area contributed by atoms with Crippen molar-refractivity contribution in [2.75, 3.05) is 26.7 Å². The standard InChI is InChI=1S/C13H26N2O2/c1-4-6-13(7-5-8-14-10-13)12(17)15(3)11(2)9-16/h11,14,16H,4-10H2,1-3H3. The zero-order chi connectivity index (χ0) is 12.9. The van der Waals surface area contributed by atoms with Crippen LogP contribution in [0.25, 0.3) is 0 Å². The van der Waals surface area contributed by atoms with Gasteiger partial charge in [0, 0.05) is 13.6 Å². The van der Waals surface area contributed by atoms with Crippen LogP contribution in [0.5, 0.6) is 0 Å². The molecule has 4 nitrogen and oxygen atoms in total. The molecule has 0 bridgehead atoms. The largest absolute Gasteiger partial charge is 0.394 e. The summed E-state index contributed by atoms with van der Waals surface area (Å²) in [5.74, 6) is 0.188. The highest BCUT2D eigenvalue weighted by molar-refractivity contribution is 5.83. The minimum atomic E-state index is -0.245. The van der Waals surface area contributed by atoms with Crippen LogP contribution in [0.4, 0.5) is 0 Å². The zero-order valence-electron chi connectivity index (χ0n) is 11.3. The van der Waals surface area contributed by atoms with Gasteiger partial charge in [0.15, 0.2) is 0 Å². The SMILES string of the molecule is CCCC1(C(=O)N(C)C(C)CO)CCCNC1. The van der Waals surface area contributed by atoms with E-state index in [-0.39, 0.29) is 24.0 Å². The summed E-state index contributed by atoms with van der Waals surface area (Å²) in [6.45, 7) is 5.82. The van der Waals surface area contributed by atoms with Gasteiger partial charge in [-0.3, -0.25) is 4.79 Å². The first-order valence-corrected chi connectivity index (χ1v) is 6.66. The van der Waals surface area contributed by atoms with E-state index in [0.29, 0.717) is 0 Å². The summed E-state index contributed by atoms with van der Waals surface area (Å²) >= 11 is 0. The number of rotatable bonds is 5. The molecule has 0 spiro atoms. The molecule has 0 radical (unpaired) electrons. The van der Waals surface area contributed by atoms with Crippen LogP contribution < -0.4 is 5.32 Å². The van der Waals surface area contributed by atoms with E-state index in [9.17, 15) is 4.79 Å². The summed E-state index contributed by atoms with van der Waals surface area (Å²) < 4.78 is 0. The molecule has 0 aromatic rings. The van der Waals surface area contributed by atoms with E-state index >= 15 is 0 Å². The second-order valence-corrected chi connectivity index (χ2v) is 5.26. The van der Waals surface area contributed by atoms with Crippen LogP contribution in [0.1, 0.15) is 39.5 Å². The van der Waals surface area contributed by atoms with Gasteiger partial charge in [-0.2, -0.15) is 0 Å². The topological polar surface area (TPSA) is 52.6 Å². The number of likely N-dealkylation sites (N-methyl/N-ethyl adjacent to an activating group) is 1. The number of nitrogens with zero attached hydrogens (tertiary/aromatic N) is 1. The molecule has 2 N–H and O–H groups in total. The first-order chi connectivity index (χ1) is 8.07. The van der Waals surface area contributed by atoms with E-state index < -0.39 is 0 Å². The lowest BCUT2D eigenvalue weighted by atomic mass is 9.75. The molecular weight excluding hydrogens is 216 g/mol. The average molecular weight is 242 g/mol. The Morgan fingerprint density at radius 3 is 2.76 bits per heavy atom. The summed E-state index contributed by atoms with van der Waals surface area (Å²) in [6.07, 6.45) is 3.98. The molecular formula is C13H26N2O2. The highest BCUT2D eigenvalue weighted by atomic mass is 16.3.